The standard InChI is InChI=1S/C10H17N5/c1-4-8-7-14-10(12-3)15-9(8)13-6-5-11-2/h4,7,11H,1,5-6H2,2-3H3,(H2,12,13,14,15). The van der Waals surface area contributed by atoms with Gasteiger partial charge in [-0.15, -0.1) is 0 Å². The maximum absolute atomic E-state index is 4.30. The Labute approximate surface area is 90.0 Å². The smallest absolute Gasteiger partial charge is 0.224 e. The number of hydrogen-bond acceptors (Lipinski definition) is 5. The van der Waals surface area contributed by atoms with E-state index in [1.54, 1.807) is 19.3 Å². The summed E-state index contributed by atoms with van der Waals surface area (Å²) in [5, 5.41) is 9.17. The zero-order valence-corrected chi connectivity index (χ0v) is 9.17. The minimum absolute atomic E-state index is 0.604. The Morgan fingerprint density at radius 1 is 1.40 bits per heavy atom. The largest absolute Gasteiger partial charge is 0.368 e. The highest BCUT2D eigenvalue weighted by Crippen LogP contribution is 2.14. The van der Waals surface area contributed by atoms with Gasteiger partial charge in [-0.1, -0.05) is 12.7 Å². The highest BCUT2D eigenvalue weighted by molar-refractivity contribution is 5.62. The summed E-state index contributed by atoms with van der Waals surface area (Å²) in [7, 11) is 3.70. The summed E-state index contributed by atoms with van der Waals surface area (Å²) in [6, 6.07) is 0. The summed E-state index contributed by atoms with van der Waals surface area (Å²) >= 11 is 0. The molecule has 1 heterocycles. The Morgan fingerprint density at radius 3 is 2.80 bits per heavy atom. The van der Waals surface area contributed by atoms with Crippen molar-refractivity contribution < 1.29 is 0 Å². The monoisotopic (exact) mass is 207 g/mol. The maximum Gasteiger partial charge on any atom is 0.224 e. The van der Waals surface area contributed by atoms with Crippen molar-refractivity contribution in [3.8, 4) is 0 Å². The molecule has 15 heavy (non-hydrogen) atoms. The molecule has 5 heteroatoms. The van der Waals surface area contributed by atoms with Crippen LogP contribution in [0, 0.1) is 0 Å². The van der Waals surface area contributed by atoms with Gasteiger partial charge in [0.2, 0.25) is 5.95 Å². The molecule has 0 radical (unpaired) electrons. The fraction of sp³-hybridized carbons (Fsp3) is 0.400. The van der Waals surface area contributed by atoms with Gasteiger partial charge in [-0.05, 0) is 7.05 Å². The molecule has 1 aromatic rings. The molecule has 0 saturated heterocycles. The molecular weight excluding hydrogens is 190 g/mol. The third kappa shape index (κ3) is 3.21. The lowest BCUT2D eigenvalue weighted by Gasteiger charge is -2.09. The van der Waals surface area contributed by atoms with Crippen LogP contribution in [0.5, 0.6) is 0 Å². The van der Waals surface area contributed by atoms with Crippen LogP contribution < -0.4 is 16.0 Å². The Bertz CT molecular complexity index is 324. The lowest BCUT2D eigenvalue weighted by Crippen LogP contribution is -2.19. The van der Waals surface area contributed by atoms with E-state index in [9.17, 15) is 0 Å². The van der Waals surface area contributed by atoms with Gasteiger partial charge in [0, 0.05) is 31.9 Å². The molecule has 0 aliphatic rings. The summed E-state index contributed by atoms with van der Waals surface area (Å²) < 4.78 is 0. The first kappa shape index (κ1) is 11.5. The first-order valence-corrected chi connectivity index (χ1v) is 4.87. The molecule has 0 bridgehead atoms. The molecule has 0 saturated carbocycles. The average Bonchev–Trinajstić information content (AvgIpc) is 2.29. The number of anilines is 2. The van der Waals surface area contributed by atoms with E-state index in [-0.39, 0.29) is 0 Å². The Balaban J connectivity index is 2.76. The number of aromatic nitrogens is 2. The predicted molar refractivity (Wildman–Crippen MR) is 64.1 cm³/mol. The third-order valence-electron chi connectivity index (χ3n) is 1.93. The van der Waals surface area contributed by atoms with Gasteiger partial charge in [0.25, 0.3) is 0 Å². The fourth-order valence-electron chi connectivity index (χ4n) is 1.11. The molecular formula is C10H17N5. The van der Waals surface area contributed by atoms with Crippen molar-refractivity contribution >= 4 is 17.8 Å². The normalized spacial score (nSPS) is 9.73. The van der Waals surface area contributed by atoms with Gasteiger partial charge in [-0.3, -0.25) is 0 Å². The van der Waals surface area contributed by atoms with Crippen molar-refractivity contribution in [1.82, 2.24) is 15.3 Å². The molecule has 1 rings (SSSR count). The number of hydrogen-bond donors (Lipinski definition) is 3. The summed E-state index contributed by atoms with van der Waals surface area (Å²) in [5.74, 6) is 1.41. The van der Waals surface area contributed by atoms with Crippen LogP contribution in [-0.4, -0.2) is 37.2 Å². The van der Waals surface area contributed by atoms with Crippen molar-refractivity contribution in [3.63, 3.8) is 0 Å². The molecule has 3 N–H and O–H groups in total. The minimum Gasteiger partial charge on any atom is -0.368 e. The molecule has 0 unspecified atom stereocenters. The Hall–Kier alpha value is -1.62. The van der Waals surface area contributed by atoms with E-state index in [1.807, 2.05) is 7.05 Å². The van der Waals surface area contributed by atoms with Crippen molar-refractivity contribution in [3.05, 3.63) is 18.3 Å². The van der Waals surface area contributed by atoms with E-state index in [0.29, 0.717) is 5.95 Å². The number of rotatable bonds is 6. The fourth-order valence-corrected chi connectivity index (χ4v) is 1.11. The summed E-state index contributed by atoms with van der Waals surface area (Å²) in [6.45, 7) is 5.42. The van der Waals surface area contributed by atoms with Crippen LogP contribution in [-0.2, 0) is 0 Å². The van der Waals surface area contributed by atoms with Crippen molar-refractivity contribution in [2.24, 2.45) is 0 Å². The summed E-state index contributed by atoms with van der Waals surface area (Å²) in [5.41, 5.74) is 0.908. The topological polar surface area (TPSA) is 61.9 Å². The van der Waals surface area contributed by atoms with Crippen molar-refractivity contribution in [1.29, 1.82) is 0 Å². The second kappa shape index (κ2) is 5.98. The molecule has 0 amide bonds. The average molecular weight is 207 g/mol. The van der Waals surface area contributed by atoms with Crippen LogP contribution in [0.15, 0.2) is 12.8 Å². The molecule has 0 aliphatic heterocycles. The van der Waals surface area contributed by atoms with E-state index >= 15 is 0 Å². The summed E-state index contributed by atoms with van der Waals surface area (Å²) in [6.07, 6.45) is 3.48. The number of nitrogens with zero attached hydrogens (tertiary/aromatic N) is 2. The van der Waals surface area contributed by atoms with Gasteiger partial charge in [-0.25, -0.2) is 4.98 Å². The molecule has 1 aromatic heterocycles. The predicted octanol–water partition coefficient (Wildman–Crippen LogP) is 0.793. The SMILES string of the molecule is C=Cc1cnc(NC)nc1NCCNC. The molecule has 5 nitrogen and oxygen atoms in total. The molecule has 82 valence electrons. The molecule has 0 spiro atoms. The summed E-state index contributed by atoms with van der Waals surface area (Å²) in [4.78, 5) is 8.41. The van der Waals surface area contributed by atoms with Crippen LogP contribution in [0.2, 0.25) is 0 Å². The third-order valence-corrected chi connectivity index (χ3v) is 1.93. The number of nitrogens with one attached hydrogen (secondary N) is 3. The second-order valence-electron chi connectivity index (χ2n) is 2.98. The Morgan fingerprint density at radius 2 is 2.20 bits per heavy atom. The van der Waals surface area contributed by atoms with Crippen molar-refractivity contribution in [2.45, 2.75) is 0 Å². The zero-order chi connectivity index (χ0) is 11.1. The van der Waals surface area contributed by atoms with Gasteiger partial charge in [-0.2, -0.15) is 4.98 Å². The van der Waals surface area contributed by atoms with Crippen LogP contribution in [0.25, 0.3) is 6.08 Å². The molecule has 0 fully saturated rings. The first-order valence-electron chi connectivity index (χ1n) is 4.87. The van der Waals surface area contributed by atoms with Gasteiger partial charge in [0.1, 0.15) is 5.82 Å². The second-order valence-corrected chi connectivity index (χ2v) is 2.98. The van der Waals surface area contributed by atoms with E-state index in [2.05, 4.69) is 32.5 Å². The molecule has 0 atom stereocenters. The lowest BCUT2D eigenvalue weighted by atomic mass is 10.3. The highest BCUT2D eigenvalue weighted by Gasteiger charge is 2.02. The van der Waals surface area contributed by atoms with E-state index in [4.69, 9.17) is 0 Å². The van der Waals surface area contributed by atoms with Crippen molar-refractivity contribution in [2.75, 3.05) is 37.8 Å². The van der Waals surface area contributed by atoms with Gasteiger partial charge < -0.3 is 16.0 Å². The van der Waals surface area contributed by atoms with E-state index < -0.39 is 0 Å². The molecule has 0 aromatic carbocycles. The van der Waals surface area contributed by atoms with Crippen LogP contribution >= 0.6 is 0 Å². The first-order chi connectivity index (χ1) is 7.31. The number of likely N-dealkylation sites (N-methyl/N-ethyl adjacent to an activating group) is 1. The lowest BCUT2D eigenvalue weighted by molar-refractivity contribution is 0.820. The van der Waals surface area contributed by atoms with E-state index in [1.165, 1.54) is 0 Å². The maximum atomic E-state index is 4.30. The van der Waals surface area contributed by atoms with Gasteiger partial charge >= 0.3 is 0 Å². The van der Waals surface area contributed by atoms with Crippen LogP contribution in [0.1, 0.15) is 5.56 Å². The molecule has 0 aliphatic carbocycles. The zero-order valence-electron chi connectivity index (χ0n) is 9.17. The minimum atomic E-state index is 0.604. The van der Waals surface area contributed by atoms with Crippen LogP contribution in [0.4, 0.5) is 11.8 Å². The Kier molecular flexibility index (Phi) is 4.56. The quantitative estimate of drug-likeness (QED) is 0.602. The van der Waals surface area contributed by atoms with Gasteiger partial charge in [0.05, 0.1) is 0 Å². The van der Waals surface area contributed by atoms with Crippen LogP contribution in [0.3, 0.4) is 0 Å². The van der Waals surface area contributed by atoms with Gasteiger partial charge in [0.15, 0.2) is 0 Å². The van der Waals surface area contributed by atoms with E-state index in [0.717, 1.165) is 24.5 Å². The highest BCUT2D eigenvalue weighted by atomic mass is 15.1.